The summed E-state index contributed by atoms with van der Waals surface area (Å²) in [5.74, 6) is -1.85. The van der Waals surface area contributed by atoms with Crippen molar-refractivity contribution in [3.05, 3.63) is 59.9 Å². The molecular formula is C13H9F3N2S. The summed E-state index contributed by atoms with van der Waals surface area (Å²) in [5, 5.41) is 5.33. The number of nitrogens with one attached hydrogen (secondary N) is 2. The topological polar surface area (TPSA) is 24.1 Å². The van der Waals surface area contributed by atoms with Crippen molar-refractivity contribution in [3.63, 3.8) is 0 Å². The quantitative estimate of drug-likeness (QED) is 0.817. The Hall–Kier alpha value is -2.08. The molecule has 0 aliphatic carbocycles. The van der Waals surface area contributed by atoms with E-state index in [1.54, 1.807) is 6.07 Å². The number of benzene rings is 2. The number of hydrogen-bond donors (Lipinski definition) is 2. The molecule has 0 aliphatic heterocycles. The molecule has 2 rings (SSSR count). The summed E-state index contributed by atoms with van der Waals surface area (Å²) in [6.07, 6.45) is 0. The Morgan fingerprint density at radius 1 is 0.895 bits per heavy atom. The van der Waals surface area contributed by atoms with Gasteiger partial charge in [0.1, 0.15) is 17.5 Å². The maximum atomic E-state index is 13.4. The molecule has 0 fully saturated rings. The van der Waals surface area contributed by atoms with Gasteiger partial charge < -0.3 is 10.6 Å². The summed E-state index contributed by atoms with van der Waals surface area (Å²) in [6.45, 7) is 0. The Bertz CT molecular complexity index is 617. The van der Waals surface area contributed by atoms with Crippen molar-refractivity contribution < 1.29 is 13.2 Å². The van der Waals surface area contributed by atoms with Gasteiger partial charge in [0.25, 0.3) is 0 Å². The van der Waals surface area contributed by atoms with Gasteiger partial charge in [0.2, 0.25) is 0 Å². The summed E-state index contributed by atoms with van der Waals surface area (Å²) in [6, 6.07) is 8.74. The molecule has 0 amide bonds. The predicted molar refractivity (Wildman–Crippen MR) is 72.6 cm³/mol. The van der Waals surface area contributed by atoms with E-state index >= 15 is 0 Å². The van der Waals surface area contributed by atoms with Crippen molar-refractivity contribution in [2.75, 3.05) is 10.6 Å². The third-order valence-corrected chi connectivity index (χ3v) is 2.47. The van der Waals surface area contributed by atoms with Crippen molar-refractivity contribution in [1.82, 2.24) is 0 Å². The Morgan fingerprint density at radius 2 is 1.63 bits per heavy atom. The second kappa shape index (κ2) is 5.71. The zero-order valence-electron chi connectivity index (χ0n) is 9.58. The lowest BCUT2D eigenvalue weighted by molar-refractivity contribution is 0.586. The molecule has 98 valence electrons. The van der Waals surface area contributed by atoms with Crippen LogP contribution in [0.1, 0.15) is 0 Å². The van der Waals surface area contributed by atoms with Crippen LogP contribution in [0.3, 0.4) is 0 Å². The van der Waals surface area contributed by atoms with Gasteiger partial charge in [-0.3, -0.25) is 0 Å². The molecule has 2 aromatic rings. The normalized spacial score (nSPS) is 10.1. The summed E-state index contributed by atoms with van der Waals surface area (Å²) >= 11 is 4.95. The van der Waals surface area contributed by atoms with Crippen LogP contribution < -0.4 is 10.6 Å². The van der Waals surface area contributed by atoms with Crippen molar-refractivity contribution in [1.29, 1.82) is 0 Å². The SMILES string of the molecule is Fc1cccc(NC(=S)Nc2ccc(F)cc2F)c1. The van der Waals surface area contributed by atoms with E-state index in [1.165, 1.54) is 24.3 Å². The van der Waals surface area contributed by atoms with Gasteiger partial charge in [0.15, 0.2) is 5.11 Å². The molecule has 19 heavy (non-hydrogen) atoms. The van der Waals surface area contributed by atoms with E-state index in [2.05, 4.69) is 10.6 Å². The third-order valence-electron chi connectivity index (χ3n) is 2.26. The highest BCUT2D eigenvalue weighted by Gasteiger charge is 2.06. The fraction of sp³-hybridized carbons (Fsp3) is 0. The molecule has 0 saturated heterocycles. The molecular weight excluding hydrogens is 273 g/mol. The molecule has 0 aromatic heterocycles. The minimum Gasteiger partial charge on any atom is -0.332 e. The molecule has 0 aliphatic rings. The van der Waals surface area contributed by atoms with Crippen LogP contribution in [0.5, 0.6) is 0 Å². The maximum Gasteiger partial charge on any atom is 0.175 e. The lowest BCUT2D eigenvalue weighted by Crippen LogP contribution is -2.19. The van der Waals surface area contributed by atoms with Gasteiger partial charge in [0.05, 0.1) is 5.69 Å². The number of hydrogen-bond acceptors (Lipinski definition) is 1. The van der Waals surface area contributed by atoms with Crippen molar-refractivity contribution in [3.8, 4) is 0 Å². The highest BCUT2D eigenvalue weighted by molar-refractivity contribution is 7.80. The average Bonchev–Trinajstić information content (AvgIpc) is 2.33. The van der Waals surface area contributed by atoms with Crippen molar-refractivity contribution in [2.45, 2.75) is 0 Å². The Morgan fingerprint density at radius 3 is 2.32 bits per heavy atom. The molecule has 0 saturated carbocycles. The van der Waals surface area contributed by atoms with E-state index in [4.69, 9.17) is 12.2 Å². The van der Waals surface area contributed by atoms with Crippen molar-refractivity contribution in [2.24, 2.45) is 0 Å². The van der Waals surface area contributed by atoms with E-state index in [9.17, 15) is 13.2 Å². The Labute approximate surface area is 113 Å². The first-order valence-corrected chi connectivity index (χ1v) is 5.74. The zero-order valence-corrected chi connectivity index (χ0v) is 10.4. The van der Waals surface area contributed by atoms with Crippen LogP contribution in [0, 0.1) is 17.5 Å². The molecule has 2 nitrogen and oxygen atoms in total. The molecule has 2 aromatic carbocycles. The number of halogens is 3. The van der Waals surface area contributed by atoms with Crippen molar-refractivity contribution >= 4 is 28.7 Å². The van der Waals surface area contributed by atoms with E-state index in [-0.39, 0.29) is 10.8 Å². The summed E-state index contributed by atoms with van der Waals surface area (Å²) in [7, 11) is 0. The van der Waals surface area contributed by atoms with E-state index in [1.807, 2.05) is 0 Å². The zero-order chi connectivity index (χ0) is 13.8. The Balaban J connectivity index is 2.05. The number of rotatable bonds is 2. The maximum absolute atomic E-state index is 13.4. The summed E-state index contributed by atoms with van der Waals surface area (Å²) in [4.78, 5) is 0. The first kappa shape index (κ1) is 13.4. The molecule has 0 heterocycles. The molecule has 0 bridgehead atoms. The highest BCUT2D eigenvalue weighted by Crippen LogP contribution is 2.16. The largest absolute Gasteiger partial charge is 0.332 e. The smallest absolute Gasteiger partial charge is 0.175 e. The molecule has 0 atom stereocenters. The lowest BCUT2D eigenvalue weighted by atomic mass is 10.3. The molecule has 2 N–H and O–H groups in total. The molecule has 0 unspecified atom stereocenters. The van der Waals surface area contributed by atoms with Gasteiger partial charge in [-0.1, -0.05) is 6.07 Å². The number of thiocarbonyl (C=S) groups is 1. The monoisotopic (exact) mass is 282 g/mol. The van der Waals surface area contributed by atoms with Gasteiger partial charge >= 0.3 is 0 Å². The average molecular weight is 282 g/mol. The van der Waals surface area contributed by atoms with E-state index in [0.29, 0.717) is 5.69 Å². The van der Waals surface area contributed by atoms with Gasteiger partial charge in [-0.15, -0.1) is 0 Å². The summed E-state index contributed by atoms with van der Waals surface area (Å²) in [5.41, 5.74) is 0.468. The van der Waals surface area contributed by atoms with Gasteiger partial charge in [-0.05, 0) is 42.5 Å². The van der Waals surface area contributed by atoms with E-state index < -0.39 is 17.5 Å². The second-order valence-electron chi connectivity index (χ2n) is 3.71. The van der Waals surface area contributed by atoms with Crippen LogP contribution in [0.2, 0.25) is 0 Å². The third kappa shape index (κ3) is 3.69. The Kier molecular flexibility index (Phi) is 4.01. The number of anilines is 2. The van der Waals surface area contributed by atoms with Crippen LogP contribution >= 0.6 is 12.2 Å². The van der Waals surface area contributed by atoms with Crippen LogP contribution in [0.4, 0.5) is 24.5 Å². The first-order valence-electron chi connectivity index (χ1n) is 5.33. The van der Waals surface area contributed by atoms with Crippen LogP contribution in [-0.2, 0) is 0 Å². The lowest BCUT2D eigenvalue weighted by Gasteiger charge is -2.11. The van der Waals surface area contributed by atoms with Crippen LogP contribution in [0.15, 0.2) is 42.5 Å². The van der Waals surface area contributed by atoms with Gasteiger partial charge in [0, 0.05) is 11.8 Å². The minimum atomic E-state index is -0.761. The van der Waals surface area contributed by atoms with E-state index in [0.717, 1.165) is 12.1 Å². The fourth-order valence-corrected chi connectivity index (χ4v) is 1.67. The van der Waals surface area contributed by atoms with Crippen LogP contribution in [-0.4, -0.2) is 5.11 Å². The molecule has 0 spiro atoms. The standard InChI is InChI=1S/C13H9F3N2S/c14-8-2-1-3-10(6-8)17-13(19)18-12-5-4-9(15)7-11(12)16/h1-7H,(H2,17,18,19). The predicted octanol–water partition coefficient (Wildman–Crippen LogP) is 3.91. The minimum absolute atomic E-state index is 0.0373. The van der Waals surface area contributed by atoms with Gasteiger partial charge in [-0.25, -0.2) is 13.2 Å². The molecule has 0 radical (unpaired) electrons. The highest BCUT2D eigenvalue weighted by atomic mass is 32.1. The first-order chi connectivity index (χ1) is 9.04. The fourth-order valence-electron chi connectivity index (χ4n) is 1.44. The summed E-state index contributed by atoms with van der Waals surface area (Å²) < 4.78 is 39.0. The molecule has 6 heteroatoms. The van der Waals surface area contributed by atoms with Crippen LogP contribution in [0.25, 0.3) is 0 Å². The second-order valence-corrected chi connectivity index (χ2v) is 4.12. The van der Waals surface area contributed by atoms with Gasteiger partial charge in [-0.2, -0.15) is 0 Å².